The van der Waals surface area contributed by atoms with Gasteiger partial charge in [-0.05, 0) is 43.5 Å². The highest BCUT2D eigenvalue weighted by atomic mass is 32.1. The molecular weight excluding hydrogens is 288 g/mol. The van der Waals surface area contributed by atoms with Crippen LogP contribution in [-0.2, 0) is 0 Å². The number of amides is 2. The number of hydrogen-bond donors (Lipinski definition) is 2. The summed E-state index contributed by atoms with van der Waals surface area (Å²) in [6.07, 6.45) is 0.0295. The highest BCUT2D eigenvalue weighted by Crippen LogP contribution is 2.14. The van der Waals surface area contributed by atoms with Crippen molar-refractivity contribution in [3.8, 4) is 5.75 Å². The van der Waals surface area contributed by atoms with E-state index in [0.29, 0.717) is 16.2 Å². The smallest absolute Gasteiger partial charge is 0.279 e. The van der Waals surface area contributed by atoms with Crippen molar-refractivity contribution in [1.29, 1.82) is 0 Å². The number of hydrogen-bond acceptors (Lipinski definition) is 4. The molecule has 1 aromatic heterocycles. The molecule has 6 heteroatoms. The van der Waals surface area contributed by atoms with E-state index < -0.39 is 5.91 Å². The molecule has 0 atom stereocenters. The van der Waals surface area contributed by atoms with Gasteiger partial charge in [-0.3, -0.25) is 20.4 Å². The van der Waals surface area contributed by atoms with E-state index in [0.717, 1.165) is 0 Å². The fourth-order valence-electron chi connectivity index (χ4n) is 1.64. The van der Waals surface area contributed by atoms with Gasteiger partial charge in [-0.15, -0.1) is 11.3 Å². The van der Waals surface area contributed by atoms with Gasteiger partial charge in [0, 0.05) is 5.56 Å². The van der Waals surface area contributed by atoms with Gasteiger partial charge >= 0.3 is 0 Å². The first kappa shape index (κ1) is 15.1. The van der Waals surface area contributed by atoms with E-state index in [9.17, 15) is 9.59 Å². The molecule has 0 spiro atoms. The van der Waals surface area contributed by atoms with Crippen molar-refractivity contribution in [3.05, 3.63) is 52.2 Å². The number of carbonyl (C=O) groups is 2. The molecule has 21 heavy (non-hydrogen) atoms. The van der Waals surface area contributed by atoms with Crippen LogP contribution in [0, 0.1) is 0 Å². The summed E-state index contributed by atoms with van der Waals surface area (Å²) in [4.78, 5) is 24.2. The SMILES string of the molecule is CC(C)Oc1cccc(C(=O)NNC(=O)c2cccs2)c1. The van der Waals surface area contributed by atoms with Crippen LogP contribution in [0.4, 0.5) is 0 Å². The standard InChI is InChI=1S/C15H16N2O3S/c1-10(2)20-12-6-3-5-11(9-12)14(18)16-17-15(19)13-7-4-8-21-13/h3-10H,1-2H3,(H,16,18)(H,17,19). The van der Waals surface area contributed by atoms with Crippen molar-refractivity contribution in [3.63, 3.8) is 0 Å². The minimum atomic E-state index is -0.394. The van der Waals surface area contributed by atoms with E-state index in [1.807, 2.05) is 13.8 Å². The van der Waals surface area contributed by atoms with E-state index in [1.165, 1.54) is 11.3 Å². The number of benzene rings is 1. The van der Waals surface area contributed by atoms with Crippen LogP contribution in [0.5, 0.6) is 5.75 Å². The summed E-state index contributed by atoms with van der Waals surface area (Å²) in [5.74, 6) is -0.121. The fraction of sp³-hybridized carbons (Fsp3) is 0.200. The van der Waals surface area contributed by atoms with Gasteiger partial charge in [0.25, 0.3) is 11.8 Å². The molecule has 0 aliphatic heterocycles. The Bertz CT molecular complexity index is 624. The lowest BCUT2D eigenvalue weighted by Crippen LogP contribution is -2.41. The Kier molecular flexibility index (Phi) is 4.94. The van der Waals surface area contributed by atoms with Gasteiger partial charge in [0.15, 0.2) is 0 Å². The molecule has 0 radical (unpaired) electrons. The van der Waals surface area contributed by atoms with Gasteiger partial charge in [-0.2, -0.15) is 0 Å². The van der Waals surface area contributed by atoms with Crippen molar-refractivity contribution >= 4 is 23.2 Å². The second kappa shape index (κ2) is 6.90. The zero-order valence-corrected chi connectivity index (χ0v) is 12.6. The van der Waals surface area contributed by atoms with E-state index in [2.05, 4.69) is 10.9 Å². The van der Waals surface area contributed by atoms with Crippen molar-refractivity contribution in [2.24, 2.45) is 0 Å². The monoisotopic (exact) mass is 304 g/mol. The minimum Gasteiger partial charge on any atom is -0.491 e. The van der Waals surface area contributed by atoms with Crippen LogP contribution in [0.15, 0.2) is 41.8 Å². The summed E-state index contributed by atoms with van der Waals surface area (Å²) in [6, 6.07) is 10.2. The van der Waals surface area contributed by atoms with Gasteiger partial charge in [0.2, 0.25) is 0 Å². The van der Waals surface area contributed by atoms with E-state index in [4.69, 9.17) is 4.74 Å². The van der Waals surface area contributed by atoms with Gasteiger partial charge < -0.3 is 4.74 Å². The lowest BCUT2D eigenvalue weighted by Gasteiger charge is -2.11. The third-order valence-corrected chi connectivity index (χ3v) is 3.37. The Balaban J connectivity index is 1.95. The van der Waals surface area contributed by atoms with E-state index in [-0.39, 0.29) is 12.0 Å². The highest BCUT2D eigenvalue weighted by molar-refractivity contribution is 7.12. The third kappa shape index (κ3) is 4.32. The summed E-state index contributed by atoms with van der Waals surface area (Å²) < 4.78 is 5.52. The van der Waals surface area contributed by atoms with E-state index in [1.54, 1.807) is 41.8 Å². The maximum Gasteiger partial charge on any atom is 0.279 e. The Hall–Kier alpha value is -2.34. The molecule has 1 aromatic carbocycles. The number of rotatable bonds is 4. The van der Waals surface area contributed by atoms with Gasteiger partial charge in [0.1, 0.15) is 5.75 Å². The summed E-state index contributed by atoms with van der Waals surface area (Å²) in [7, 11) is 0. The molecule has 1 heterocycles. The normalized spacial score (nSPS) is 10.2. The zero-order chi connectivity index (χ0) is 15.2. The Morgan fingerprint density at radius 3 is 2.52 bits per heavy atom. The van der Waals surface area contributed by atoms with Crippen molar-refractivity contribution in [2.45, 2.75) is 20.0 Å². The maximum absolute atomic E-state index is 12.0. The van der Waals surface area contributed by atoms with E-state index >= 15 is 0 Å². The molecule has 0 fully saturated rings. The summed E-state index contributed by atoms with van der Waals surface area (Å²) in [5, 5.41) is 1.80. The molecule has 2 aromatic rings. The first-order chi connectivity index (χ1) is 10.1. The molecule has 0 aliphatic carbocycles. The first-order valence-electron chi connectivity index (χ1n) is 6.47. The fourth-order valence-corrected chi connectivity index (χ4v) is 2.26. The number of ether oxygens (including phenoxy) is 1. The van der Waals surface area contributed by atoms with Crippen molar-refractivity contribution in [1.82, 2.24) is 10.9 Å². The molecule has 5 nitrogen and oxygen atoms in total. The number of thiophene rings is 1. The predicted molar refractivity (Wildman–Crippen MR) is 81.5 cm³/mol. The zero-order valence-electron chi connectivity index (χ0n) is 11.8. The molecule has 2 N–H and O–H groups in total. The molecule has 0 saturated heterocycles. The van der Waals surface area contributed by atoms with Crippen LogP contribution in [-0.4, -0.2) is 17.9 Å². The summed E-state index contributed by atoms with van der Waals surface area (Å²) >= 11 is 1.30. The number of hydrazine groups is 1. The van der Waals surface area contributed by atoms with Gasteiger partial charge in [0.05, 0.1) is 11.0 Å². The maximum atomic E-state index is 12.0. The van der Waals surface area contributed by atoms with Gasteiger partial charge in [-0.25, -0.2) is 0 Å². The molecule has 2 amide bonds. The van der Waals surface area contributed by atoms with Crippen LogP contribution < -0.4 is 15.6 Å². The molecule has 0 bridgehead atoms. The second-order valence-corrected chi connectivity index (χ2v) is 5.53. The third-order valence-electron chi connectivity index (χ3n) is 2.50. The Morgan fingerprint density at radius 2 is 1.86 bits per heavy atom. The predicted octanol–water partition coefficient (Wildman–Crippen LogP) is 2.61. The average Bonchev–Trinajstić information content (AvgIpc) is 2.98. The molecule has 110 valence electrons. The van der Waals surface area contributed by atoms with Crippen LogP contribution in [0.2, 0.25) is 0 Å². The van der Waals surface area contributed by atoms with Crippen LogP contribution in [0.25, 0.3) is 0 Å². The van der Waals surface area contributed by atoms with Crippen LogP contribution in [0.1, 0.15) is 33.9 Å². The molecule has 0 aliphatic rings. The average molecular weight is 304 g/mol. The lowest BCUT2D eigenvalue weighted by molar-refractivity contribution is 0.0848. The largest absolute Gasteiger partial charge is 0.491 e. The van der Waals surface area contributed by atoms with Crippen molar-refractivity contribution < 1.29 is 14.3 Å². The molecule has 2 rings (SSSR count). The van der Waals surface area contributed by atoms with Gasteiger partial charge in [-0.1, -0.05) is 12.1 Å². The highest BCUT2D eigenvalue weighted by Gasteiger charge is 2.10. The first-order valence-corrected chi connectivity index (χ1v) is 7.35. The second-order valence-electron chi connectivity index (χ2n) is 4.58. The topological polar surface area (TPSA) is 67.4 Å². The number of nitrogens with one attached hydrogen (secondary N) is 2. The Morgan fingerprint density at radius 1 is 1.10 bits per heavy atom. The Labute approximate surface area is 126 Å². The molecule has 0 saturated carbocycles. The summed E-state index contributed by atoms with van der Waals surface area (Å²) in [6.45, 7) is 3.82. The minimum absolute atomic E-state index is 0.0295. The quantitative estimate of drug-likeness (QED) is 0.853. The lowest BCUT2D eigenvalue weighted by atomic mass is 10.2. The van der Waals surface area contributed by atoms with Crippen LogP contribution >= 0.6 is 11.3 Å². The number of carbonyl (C=O) groups excluding carboxylic acids is 2. The van der Waals surface area contributed by atoms with Crippen LogP contribution in [0.3, 0.4) is 0 Å². The molecular formula is C15H16N2O3S. The molecule has 0 unspecified atom stereocenters. The van der Waals surface area contributed by atoms with Crippen molar-refractivity contribution in [2.75, 3.05) is 0 Å². The summed E-state index contributed by atoms with van der Waals surface area (Å²) in [5.41, 5.74) is 5.17.